The Kier molecular flexibility index (Phi) is 4.51. The molecule has 1 aromatic rings. The zero-order valence-electron chi connectivity index (χ0n) is 9.93. The van der Waals surface area contributed by atoms with Crippen LogP contribution in [-0.2, 0) is 6.42 Å². The maximum absolute atomic E-state index is 13.3. The summed E-state index contributed by atoms with van der Waals surface area (Å²) in [6.07, 6.45) is 1.36. The lowest BCUT2D eigenvalue weighted by Gasteiger charge is -2.30. The number of rotatable bonds is 4. The number of benzene rings is 1. The van der Waals surface area contributed by atoms with E-state index in [2.05, 4.69) is 15.9 Å². The molecule has 1 aromatic carbocycles. The Morgan fingerprint density at radius 3 is 2.69 bits per heavy atom. The molecule has 2 atom stereocenters. The first-order valence-electron chi connectivity index (χ1n) is 5.53. The van der Waals surface area contributed by atoms with Gasteiger partial charge in [-0.05, 0) is 40.4 Å². The second kappa shape index (κ2) is 5.28. The third-order valence-electron chi connectivity index (χ3n) is 3.25. The maximum atomic E-state index is 13.3. The Hall–Kier alpha value is -0.410. The minimum absolute atomic E-state index is 0.183. The average Bonchev–Trinajstić information content (AvgIpc) is 2.23. The molecule has 1 N–H and O–H groups in total. The quantitative estimate of drug-likeness (QED) is 0.890. The SMILES string of the molecule is CCC(C)C(C)(O)Cc1cccc(F)c1Br. The van der Waals surface area contributed by atoms with Crippen molar-refractivity contribution in [2.45, 2.75) is 39.2 Å². The molecule has 2 unspecified atom stereocenters. The fourth-order valence-corrected chi connectivity index (χ4v) is 2.09. The summed E-state index contributed by atoms with van der Waals surface area (Å²) in [5, 5.41) is 10.3. The van der Waals surface area contributed by atoms with Crippen molar-refractivity contribution in [2.24, 2.45) is 5.92 Å². The van der Waals surface area contributed by atoms with Crippen LogP contribution in [0.15, 0.2) is 22.7 Å². The number of hydrogen-bond donors (Lipinski definition) is 1. The molecular formula is C13H18BrFO. The van der Waals surface area contributed by atoms with Gasteiger partial charge in [0.05, 0.1) is 10.1 Å². The van der Waals surface area contributed by atoms with E-state index in [1.807, 2.05) is 19.9 Å². The van der Waals surface area contributed by atoms with Crippen molar-refractivity contribution < 1.29 is 9.50 Å². The normalized spacial score (nSPS) is 16.9. The highest BCUT2D eigenvalue weighted by molar-refractivity contribution is 9.10. The molecule has 90 valence electrons. The summed E-state index contributed by atoms with van der Waals surface area (Å²) >= 11 is 3.22. The zero-order valence-corrected chi connectivity index (χ0v) is 11.5. The molecule has 0 amide bonds. The number of hydrogen-bond acceptors (Lipinski definition) is 1. The highest BCUT2D eigenvalue weighted by atomic mass is 79.9. The summed E-state index contributed by atoms with van der Waals surface area (Å²) in [7, 11) is 0. The highest BCUT2D eigenvalue weighted by Gasteiger charge is 2.28. The van der Waals surface area contributed by atoms with Gasteiger partial charge in [0, 0.05) is 6.42 Å². The zero-order chi connectivity index (χ0) is 12.3. The molecular weight excluding hydrogens is 271 g/mol. The minimum Gasteiger partial charge on any atom is -0.390 e. The molecule has 0 aromatic heterocycles. The highest BCUT2D eigenvalue weighted by Crippen LogP contribution is 2.29. The molecule has 0 fully saturated rings. The fraction of sp³-hybridized carbons (Fsp3) is 0.538. The molecule has 0 saturated carbocycles. The number of halogens is 2. The minimum atomic E-state index is -0.801. The topological polar surface area (TPSA) is 20.2 Å². The van der Waals surface area contributed by atoms with Crippen LogP contribution in [-0.4, -0.2) is 10.7 Å². The molecule has 1 nitrogen and oxygen atoms in total. The van der Waals surface area contributed by atoms with E-state index in [-0.39, 0.29) is 11.7 Å². The van der Waals surface area contributed by atoms with Crippen LogP contribution in [0, 0.1) is 11.7 Å². The predicted octanol–water partition coefficient (Wildman–Crippen LogP) is 3.93. The molecule has 0 aliphatic rings. The van der Waals surface area contributed by atoms with Gasteiger partial charge < -0.3 is 5.11 Å². The van der Waals surface area contributed by atoms with Crippen LogP contribution < -0.4 is 0 Å². The van der Waals surface area contributed by atoms with E-state index < -0.39 is 5.60 Å². The van der Waals surface area contributed by atoms with Crippen molar-refractivity contribution in [1.29, 1.82) is 0 Å². The maximum Gasteiger partial charge on any atom is 0.137 e. The van der Waals surface area contributed by atoms with E-state index in [0.29, 0.717) is 10.9 Å². The van der Waals surface area contributed by atoms with Crippen molar-refractivity contribution in [2.75, 3.05) is 0 Å². The van der Waals surface area contributed by atoms with Crippen LogP contribution in [0.3, 0.4) is 0 Å². The Balaban J connectivity index is 2.92. The molecule has 16 heavy (non-hydrogen) atoms. The predicted molar refractivity (Wildman–Crippen MR) is 67.9 cm³/mol. The van der Waals surface area contributed by atoms with Gasteiger partial charge in [0.1, 0.15) is 5.82 Å². The lowest BCUT2D eigenvalue weighted by atomic mass is 9.83. The monoisotopic (exact) mass is 288 g/mol. The van der Waals surface area contributed by atoms with Crippen molar-refractivity contribution in [3.63, 3.8) is 0 Å². The number of aliphatic hydroxyl groups is 1. The summed E-state index contributed by atoms with van der Waals surface area (Å²) in [5.74, 6) is -0.0971. The third kappa shape index (κ3) is 3.05. The first kappa shape index (κ1) is 13.7. The van der Waals surface area contributed by atoms with Gasteiger partial charge in [-0.3, -0.25) is 0 Å². The summed E-state index contributed by atoms with van der Waals surface area (Å²) in [5.41, 5.74) is 0.00993. The molecule has 0 aliphatic carbocycles. The van der Waals surface area contributed by atoms with Gasteiger partial charge in [-0.15, -0.1) is 0 Å². The molecule has 1 rings (SSSR count). The van der Waals surface area contributed by atoms with Crippen LogP contribution in [0.25, 0.3) is 0 Å². The Morgan fingerprint density at radius 2 is 2.12 bits per heavy atom. The van der Waals surface area contributed by atoms with E-state index in [1.165, 1.54) is 6.07 Å². The van der Waals surface area contributed by atoms with Crippen LogP contribution >= 0.6 is 15.9 Å². The van der Waals surface area contributed by atoms with Gasteiger partial charge in [0.25, 0.3) is 0 Å². The van der Waals surface area contributed by atoms with Gasteiger partial charge >= 0.3 is 0 Å². The van der Waals surface area contributed by atoms with Crippen LogP contribution in [0.4, 0.5) is 4.39 Å². The van der Waals surface area contributed by atoms with E-state index in [4.69, 9.17) is 0 Å². The van der Waals surface area contributed by atoms with Gasteiger partial charge in [-0.25, -0.2) is 4.39 Å². The van der Waals surface area contributed by atoms with E-state index in [0.717, 1.165) is 12.0 Å². The lowest BCUT2D eigenvalue weighted by molar-refractivity contribution is 0.00498. The van der Waals surface area contributed by atoms with E-state index >= 15 is 0 Å². The summed E-state index contributed by atoms with van der Waals surface area (Å²) in [4.78, 5) is 0. The summed E-state index contributed by atoms with van der Waals surface area (Å²) in [6.45, 7) is 5.85. The smallest absolute Gasteiger partial charge is 0.137 e. The lowest BCUT2D eigenvalue weighted by Crippen LogP contribution is -2.35. The molecule has 0 heterocycles. The van der Waals surface area contributed by atoms with Crippen molar-refractivity contribution in [3.8, 4) is 0 Å². The van der Waals surface area contributed by atoms with Crippen molar-refractivity contribution >= 4 is 15.9 Å². The molecule has 0 bridgehead atoms. The fourth-order valence-electron chi connectivity index (χ4n) is 1.68. The molecule has 0 aliphatic heterocycles. The Morgan fingerprint density at radius 1 is 1.50 bits per heavy atom. The van der Waals surface area contributed by atoms with Crippen LogP contribution in [0.2, 0.25) is 0 Å². The van der Waals surface area contributed by atoms with Crippen molar-refractivity contribution in [3.05, 3.63) is 34.1 Å². The summed E-state index contributed by atoms with van der Waals surface area (Å²) in [6, 6.07) is 4.91. The standard InChI is InChI=1S/C13H18BrFO/c1-4-9(2)13(3,16)8-10-6-5-7-11(15)12(10)14/h5-7,9,16H,4,8H2,1-3H3. The van der Waals surface area contributed by atoms with Crippen molar-refractivity contribution in [1.82, 2.24) is 0 Å². The first-order valence-corrected chi connectivity index (χ1v) is 6.33. The van der Waals surface area contributed by atoms with Gasteiger partial charge in [-0.1, -0.05) is 32.4 Å². The Bertz CT molecular complexity index is 363. The molecule has 0 spiro atoms. The first-order chi connectivity index (χ1) is 7.38. The Labute approximate surface area is 105 Å². The van der Waals surface area contributed by atoms with Gasteiger partial charge in [-0.2, -0.15) is 0 Å². The van der Waals surface area contributed by atoms with E-state index in [9.17, 15) is 9.50 Å². The van der Waals surface area contributed by atoms with E-state index in [1.54, 1.807) is 13.0 Å². The average molecular weight is 289 g/mol. The molecule has 0 saturated heterocycles. The molecule has 3 heteroatoms. The second-order valence-electron chi connectivity index (χ2n) is 4.56. The van der Waals surface area contributed by atoms with Crippen LogP contribution in [0.5, 0.6) is 0 Å². The van der Waals surface area contributed by atoms with Crippen LogP contribution in [0.1, 0.15) is 32.8 Å². The molecule has 0 radical (unpaired) electrons. The second-order valence-corrected chi connectivity index (χ2v) is 5.35. The summed E-state index contributed by atoms with van der Waals surface area (Å²) < 4.78 is 13.8. The third-order valence-corrected chi connectivity index (χ3v) is 4.14. The van der Waals surface area contributed by atoms with Gasteiger partial charge in [0.15, 0.2) is 0 Å². The van der Waals surface area contributed by atoms with Gasteiger partial charge in [0.2, 0.25) is 0 Å². The largest absolute Gasteiger partial charge is 0.390 e.